The number of amides is 1. The largest absolute Gasteiger partial charge is 0.371 e. The zero-order valence-electron chi connectivity index (χ0n) is 14.7. The molecule has 128 valence electrons. The van der Waals surface area contributed by atoms with E-state index in [0.717, 1.165) is 41.2 Å². The highest BCUT2D eigenvalue weighted by molar-refractivity contribution is 6.06. The number of hydrogen-bond donors (Lipinski definition) is 2. The molecule has 1 fully saturated rings. The van der Waals surface area contributed by atoms with Crippen molar-refractivity contribution in [2.45, 2.75) is 20.3 Å². The average Bonchev–Trinajstić information content (AvgIpc) is 3.24. The molecule has 0 radical (unpaired) electrons. The number of fused-ring (bicyclic) bond motifs is 1. The van der Waals surface area contributed by atoms with E-state index < -0.39 is 0 Å². The van der Waals surface area contributed by atoms with Crippen LogP contribution in [0, 0.1) is 12.8 Å². The van der Waals surface area contributed by atoms with Gasteiger partial charge in [0.1, 0.15) is 0 Å². The third-order valence-electron chi connectivity index (χ3n) is 5.06. The lowest BCUT2D eigenvalue weighted by atomic mass is 10.1. The standard InChI is InChI=1S/C21H23N3O/c1-14-8-10-24(13-14)18-4-6-19(15(2)11-18)23-21(25)17-3-5-20-16(12-17)7-9-22-20/h3-7,9,11-12,14,22H,8,10,13H2,1-2H3,(H,23,25)/t14-/m0/s1. The normalized spacial score (nSPS) is 17.2. The Morgan fingerprint density at radius 2 is 2.08 bits per heavy atom. The van der Waals surface area contributed by atoms with E-state index in [4.69, 9.17) is 0 Å². The van der Waals surface area contributed by atoms with Crippen molar-refractivity contribution in [3.05, 3.63) is 59.8 Å². The van der Waals surface area contributed by atoms with E-state index in [-0.39, 0.29) is 5.91 Å². The van der Waals surface area contributed by atoms with Crippen LogP contribution in [0.4, 0.5) is 11.4 Å². The highest BCUT2D eigenvalue weighted by Crippen LogP contribution is 2.27. The Morgan fingerprint density at radius 1 is 1.20 bits per heavy atom. The minimum atomic E-state index is -0.0752. The average molecular weight is 333 g/mol. The van der Waals surface area contributed by atoms with Gasteiger partial charge in [0.05, 0.1) is 0 Å². The molecule has 4 nitrogen and oxygen atoms in total. The van der Waals surface area contributed by atoms with Gasteiger partial charge in [0.2, 0.25) is 0 Å². The minimum absolute atomic E-state index is 0.0752. The molecule has 4 rings (SSSR count). The number of carbonyl (C=O) groups excluding carboxylic acids is 1. The fourth-order valence-corrected chi connectivity index (χ4v) is 3.54. The van der Waals surface area contributed by atoms with E-state index in [1.807, 2.05) is 43.5 Å². The molecule has 4 heteroatoms. The van der Waals surface area contributed by atoms with E-state index >= 15 is 0 Å². The molecule has 1 aromatic heterocycles. The second kappa shape index (κ2) is 6.28. The summed E-state index contributed by atoms with van der Waals surface area (Å²) in [5.41, 5.74) is 4.91. The molecule has 0 spiro atoms. The first-order chi connectivity index (χ1) is 12.1. The number of nitrogens with zero attached hydrogens (tertiary/aromatic N) is 1. The number of H-pyrrole nitrogens is 1. The number of benzene rings is 2. The van der Waals surface area contributed by atoms with Crippen molar-refractivity contribution in [2.75, 3.05) is 23.3 Å². The van der Waals surface area contributed by atoms with Crippen LogP contribution in [-0.4, -0.2) is 24.0 Å². The molecule has 1 aliphatic heterocycles. The Balaban J connectivity index is 1.52. The van der Waals surface area contributed by atoms with Gasteiger partial charge in [-0.25, -0.2) is 0 Å². The zero-order valence-corrected chi connectivity index (χ0v) is 14.7. The lowest BCUT2D eigenvalue weighted by Gasteiger charge is -2.20. The maximum Gasteiger partial charge on any atom is 0.255 e. The molecule has 3 aromatic rings. The molecule has 0 unspecified atom stereocenters. The maximum atomic E-state index is 12.6. The van der Waals surface area contributed by atoms with Gasteiger partial charge in [-0.1, -0.05) is 6.92 Å². The van der Waals surface area contributed by atoms with Crippen molar-refractivity contribution in [3.8, 4) is 0 Å². The molecule has 1 aliphatic rings. The van der Waals surface area contributed by atoms with E-state index in [9.17, 15) is 4.79 Å². The van der Waals surface area contributed by atoms with E-state index in [1.54, 1.807) is 0 Å². The predicted octanol–water partition coefficient (Wildman–Crippen LogP) is 4.57. The molecule has 25 heavy (non-hydrogen) atoms. The van der Waals surface area contributed by atoms with E-state index in [0.29, 0.717) is 5.56 Å². The highest BCUT2D eigenvalue weighted by Gasteiger charge is 2.19. The number of anilines is 2. The van der Waals surface area contributed by atoms with Gasteiger partial charge in [-0.2, -0.15) is 0 Å². The van der Waals surface area contributed by atoms with Crippen molar-refractivity contribution in [1.82, 2.24) is 4.98 Å². The minimum Gasteiger partial charge on any atom is -0.371 e. The zero-order chi connectivity index (χ0) is 17.4. The van der Waals surface area contributed by atoms with Crippen molar-refractivity contribution < 1.29 is 4.79 Å². The summed E-state index contributed by atoms with van der Waals surface area (Å²) in [6.45, 7) is 6.57. The Labute approximate surface area is 147 Å². The van der Waals surface area contributed by atoms with Crippen LogP contribution in [0.2, 0.25) is 0 Å². The van der Waals surface area contributed by atoms with Crippen molar-refractivity contribution in [1.29, 1.82) is 0 Å². The first-order valence-corrected chi connectivity index (χ1v) is 8.84. The van der Waals surface area contributed by atoms with Crippen LogP contribution >= 0.6 is 0 Å². The molecule has 0 aliphatic carbocycles. The summed E-state index contributed by atoms with van der Waals surface area (Å²) in [5.74, 6) is 0.678. The summed E-state index contributed by atoms with van der Waals surface area (Å²) in [7, 11) is 0. The summed E-state index contributed by atoms with van der Waals surface area (Å²) in [6, 6.07) is 14.0. The lowest BCUT2D eigenvalue weighted by Crippen LogP contribution is -2.19. The molecule has 2 aromatic carbocycles. The molecule has 1 saturated heterocycles. The van der Waals surface area contributed by atoms with Gasteiger partial charge in [0.15, 0.2) is 0 Å². The third-order valence-corrected chi connectivity index (χ3v) is 5.06. The summed E-state index contributed by atoms with van der Waals surface area (Å²) in [5, 5.41) is 4.09. The molecular weight excluding hydrogens is 310 g/mol. The SMILES string of the molecule is Cc1cc(N2CC[C@H](C)C2)ccc1NC(=O)c1ccc2[nH]ccc2c1. The molecule has 2 N–H and O–H groups in total. The van der Waals surface area contributed by atoms with Gasteiger partial charge >= 0.3 is 0 Å². The lowest BCUT2D eigenvalue weighted by molar-refractivity contribution is 0.102. The van der Waals surface area contributed by atoms with Crippen molar-refractivity contribution >= 4 is 28.2 Å². The smallest absolute Gasteiger partial charge is 0.255 e. The van der Waals surface area contributed by atoms with Gasteiger partial charge in [-0.15, -0.1) is 0 Å². The van der Waals surface area contributed by atoms with Gasteiger partial charge in [0, 0.05) is 47.1 Å². The predicted molar refractivity (Wildman–Crippen MR) is 103 cm³/mol. The number of aromatic nitrogens is 1. The monoisotopic (exact) mass is 333 g/mol. The highest BCUT2D eigenvalue weighted by atomic mass is 16.1. The molecule has 1 atom stereocenters. The fraction of sp³-hybridized carbons (Fsp3) is 0.286. The second-order valence-electron chi connectivity index (χ2n) is 7.07. The van der Waals surface area contributed by atoms with Crippen LogP contribution in [-0.2, 0) is 0 Å². The first-order valence-electron chi connectivity index (χ1n) is 8.84. The third kappa shape index (κ3) is 3.12. The molecular formula is C21H23N3O. The number of aryl methyl sites for hydroxylation is 1. The number of rotatable bonds is 3. The summed E-state index contributed by atoms with van der Waals surface area (Å²) in [6.07, 6.45) is 3.13. The topological polar surface area (TPSA) is 48.1 Å². The summed E-state index contributed by atoms with van der Waals surface area (Å²) in [4.78, 5) is 18.1. The fourth-order valence-electron chi connectivity index (χ4n) is 3.54. The first kappa shape index (κ1) is 15.8. The van der Waals surface area contributed by atoms with Gasteiger partial charge in [-0.3, -0.25) is 4.79 Å². The molecule has 0 saturated carbocycles. The number of aromatic amines is 1. The van der Waals surface area contributed by atoms with Crippen LogP contribution in [0.1, 0.15) is 29.3 Å². The van der Waals surface area contributed by atoms with Crippen LogP contribution in [0.5, 0.6) is 0 Å². The second-order valence-corrected chi connectivity index (χ2v) is 7.07. The van der Waals surface area contributed by atoms with Crippen molar-refractivity contribution in [2.24, 2.45) is 5.92 Å². The van der Waals surface area contributed by atoms with Gasteiger partial charge in [0.25, 0.3) is 5.91 Å². The quantitative estimate of drug-likeness (QED) is 0.737. The Kier molecular flexibility index (Phi) is 3.96. The number of hydrogen-bond acceptors (Lipinski definition) is 2. The maximum absolute atomic E-state index is 12.6. The van der Waals surface area contributed by atoms with Crippen LogP contribution in [0.3, 0.4) is 0 Å². The molecule has 2 heterocycles. The summed E-state index contributed by atoms with van der Waals surface area (Å²) >= 11 is 0. The van der Waals surface area contributed by atoms with E-state index in [2.05, 4.69) is 34.3 Å². The number of carbonyl (C=O) groups is 1. The Hall–Kier alpha value is -2.75. The number of nitrogens with one attached hydrogen (secondary N) is 2. The molecule has 1 amide bonds. The van der Waals surface area contributed by atoms with E-state index in [1.165, 1.54) is 12.1 Å². The Morgan fingerprint density at radius 3 is 2.84 bits per heavy atom. The van der Waals surface area contributed by atoms with Crippen LogP contribution in [0.15, 0.2) is 48.7 Å². The van der Waals surface area contributed by atoms with Gasteiger partial charge < -0.3 is 15.2 Å². The van der Waals surface area contributed by atoms with Crippen LogP contribution < -0.4 is 10.2 Å². The van der Waals surface area contributed by atoms with Crippen molar-refractivity contribution in [3.63, 3.8) is 0 Å². The van der Waals surface area contributed by atoms with Gasteiger partial charge in [-0.05, 0) is 67.3 Å². The summed E-state index contributed by atoms with van der Waals surface area (Å²) < 4.78 is 0. The van der Waals surface area contributed by atoms with Crippen LogP contribution in [0.25, 0.3) is 10.9 Å². The molecule has 0 bridgehead atoms. The Bertz CT molecular complexity index is 928.